The van der Waals surface area contributed by atoms with Crippen molar-refractivity contribution in [3.63, 3.8) is 0 Å². The molecule has 96 valence electrons. The van der Waals surface area contributed by atoms with Gasteiger partial charge in [0.25, 0.3) is 0 Å². The zero-order valence-corrected chi connectivity index (χ0v) is 10.5. The molecule has 0 atom stereocenters. The van der Waals surface area contributed by atoms with Crippen LogP contribution in [0.2, 0.25) is 0 Å². The molecule has 1 rings (SSSR count). The van der Waals surface area contributed by atoms with Crippen LogP contribution in [0, 0.1) is 5.82 Å². The summed E-state index contributed by atoms with van der Waals surface area (Å²) in [7, 11) is 3.15. The third-order valence-corrected chi connectivity index (χ3v) is 2.52. The highest BCUT2D eigenvalue weighted by Gasteiger charge is 2.02. The van der Waals surface area contributed by atoms with E-state index in [2.05, 4.69) is 5.32 Å². The second-order valence-electron chi connectivity index (χ2n) is 3.82. The number of benzene rings is 1. The van der Waals surface area contributed by atoms with Crippen LogP contribution in [-0.4, -0.2) is 33.9 Å². The van der Waals surface area contributed by atoms with Crippen LogP contribution < -0.4 is 10.1 Å². The number of methoxy groups -OCH3 is 2. The van der Waals surface area contributed by atoms with Crippen molar-refractivity contribution in [2.75, 3.05) is 33.9 Å². The molecule has 0 aliphatic rings. The Bertz CT molecular complexity index is 331. The van der Waals surface area contributed by atoms with Crippen LogP contribution in [0.5, 0.6) is 5.75 Å². The van der Waals surface area contributed by atoms with E-state index in [9.17, 15) is 4.39 Å². The Morgan fingerprint density at radius 1 is 1.24 bits per heavy atom. The van der Waals surface area contributed by atoms with Gasteiger partial charge in [0.05, 0.1) is 13.7 Å². The van der Waals surface area contributed by atoms with Crippen molar-refractivity contribution >= 4 is 0 Å². The van der Waals surface area contributed by atoms with Gasteiger partial charge in [-0.15, -0.1) is 0 Å². The lowest BCUT2D eigenvalue weighted by Crippen LogP contribution is -2.20. The van der Waals surface area contributed by atoms with E-state index in [-0.39, 0.29) is 5.82 Å². The summed E-state index contributed by atoms with van der Waals surface area (Å²) in [6.07, 6.45) is 1.84. The van der Waals surface area contributed by atoms with Crippen LogP contribution in [0.3, 0.4) is 0 Å². The largest absolute Gasteiger partial charge is 0.494 e. The average Bonchev–Trinajstić information content (AvgIpc) is 2.34. The SMILES string of the molecule is COCCNCCCc1ccc(OC)c(F)c1. The number of hydrogen-bond acceptors (Lipinski definition) is 3. The monoisotopic (exact) mass is 241 g/mol. The molecule has 3 nitrogen and oxygen atoms in total. The van der Waals surface area contributed by atoms with Crippen LogP contribution in [0.4, 0.5) is 4.39 Å². The molecule has 4 heteroatoms. The number of halogens is 1. The van der Waals surface area contributed by atoms with Crippen LogP contribution in [0.1, 0.15) is 12.0 Å². The highest BCUT2D eigenvalue weighted by molar-refractivity contribution is 5.29. The van der Waals surface area contributed by atoms with Gasteiger partial charge < -0.3 is 14.8 Å². The molecule has 0 heterocycles. The summed E-state index contributed by atoms with van der Waals surface area (Å²) in [4.78, 5) is 0. The Kier molecular flexibility index (Phi) is 6.58. The summed E-state index contributed by atoms with van der Waals surface area (Å²) >= 11 is 0. The molecule has 0 unspecified atom stereocenters. The Hall–Kier alpha value is -1.13. The number of ether oxygens (including phenoxy) is 2. The van der Waals surface area contributed by atoms with Crippen LogP contribution >= 0.6 is 0 Å². The molecule has 0 saturated carbocycles. The van der Waals surface area contributed by atoms with Crippen molar-refractivity contribution in [2.24, 2.45) is 0 Å². The molecule has 0 fully saturated rings. The molecule has 0 radical (unpaired) electrons. The van der Waals surface area contributed by atoms with E-state index in [1.165, 1.54) is 13.2 Å². The Morgan fingerprint density at radius 2 is 2.06 bits per heavy atom. The van der Waals surface area contributed by atoms with Crippen molar-refractivity contribution in [1.82, 2.24) is 5.32 Å². The number of aryl methyl sites for hydroxylation is 1. The van der Waals surface area contributed by atoms with Crippen LogP contribution in [-0.2, 0) is 11.2 Å². The molecule has 0 amide bonds. The zero-order valence-electron chi connectivity index (χ0n) is 10.5. The lowest BCUT2D eigenvalue weighted by atomic mass is 10.1. The third-order valence-electron chi connectivity index (χ3n) is 2.52. The highest BCUT2D eigenvalue weighted by atomic mass is 19.1. The van der Waals surface area contributed by atoms with Gasteiger partial charge >= 0.3 is 0 Å². The first-order chi connectivity index (χ1) is 8.27. The normalized spacial score (nSPS) is 10.5. The van der Waals surface area contributed by atoms with Gasteiger partial charge in [0.1, 0.15) is 0 Å². The fraction of sp³-hybridized carbons (Fsp3) is 0.538. The molecule has 17 heavy (non-hydrogen) atoms. The first kappa shape index (κ1) is 13.9. The fourth-order valence-electron chi connectivity index (χ4n) is 1.58. The molecule has 0 spiro atoms. The van der Waals surface area contributed by atoms with Crippen molar-refractivity contribution < 1.29 is 13.9 Å². The van der Waals surface area contributed by atoms with E-state index >= 15 is 0 Å². The summed E-state index contributed by atoms with van der Waals surface area (Å²) in [6.45, 7) is 2.49. The Balaban J connectivity index is 2.25. The van der Waals surface area contributed by atoms with Gasteiger partial charge in [-0.2, -0.15) is 0 Å². The van der Waals surface area contributed by atoms with E-state index in [1.807, 2.05) is 6.07 Å². The van der Waals surface area contributed by atoms with Crippen molar-refractivity contribution in [3.8, 4) is 5.75 Å². The van der Waals surface area contributed by atoms with Gasteiger partial charge in [0.15, 0.2) is 11.6 Å². The maximum Gasteiger partial charge on any atom is 0.165 e. The number of rotatable bonds is 8. The molecule has 0 aliphatic heterocycles. The van der Waals surface area contributed by atoms with E-state index in [0.717, 1.165) is 38.1 Å². The topological polar surface area (TPSA) is 30.5 Å². The summed E-state index contributed by atoms with van der Waals surface area (Å²) in [5, 5.41) is 3.25. The zero-order chi connectivity index (χ0) is 12.5. The van der Waals surface area contributed by atoms with Gasteiger partial charge in [-0.3, -0.25) is 0 Å². The molecule has 0 aliphatic carbocycles. The molecule has 1 aromatic carbocycles. The summed E-state index contributed by atoms with van der Waals surface area (Å²) in [6, 6.07) is 5.11. The fourth-order valence-corrected chi connectivity index (χ4v) is 1.58. The standard InChI is InChI=1S/C13H20FNO2/c1-16-9-8-15-7-3-4-11-5-6-13(17-2)12(14)10-11/h5-6,10,15H,3-4,7-9H2,1-2H3. The smallest absolute Gasteiger partial charge is 0.165 e. The van der Waals surface area contributed by atoms with E-state index < -0.39 is 0 Å². The highest BCUT2D eigenvalue weighted by Crippen LogP contribution is 2.18. The van der Waals surface area contributed by atoms with Crippen molar-refractivity contribution in [2.45, 2.75) is 12.8 Å². The average molecular weight is 241 g/mol. The first-order valence-electron chi connectivity index (χ1n) is 5.80. The van der Waals surface area contributed by atoms with Gasteiger partial charge in [0, 0.05) is 13.7 Å². The van der Waals surface area contributed by atoms with Gasteiger partial charge in [-0.05, 0) is 37.1 Å². The predicted octanol–water partition coefficient (Wildman–Crippen LogP) is 2.00. The predicted molar refractivity (Wildman–Crippen MR) is 66.0 cm³/mol. The minimum atomic E-state index is -0.294. The first-order valence-corrected chi connectivity index (χ1v) is 5.80. The summed E-state index contributed by atoms with van der Waals surface area (Å²) < 4.78 is 23.2. The lowest BCUT2D eigenvalue weighted by Gasteiger charge is -2.06. The van der Waals surface area contributed by atoms with E-state index in [4.69, 9.17) is 9.47 Å². The van der Waals surface area contributed by atoms with Crippen molar-refractivity contribution in [3.05, 3.63) is 29.6 Å². The second kappa shape index (κ2) is 8.03. The second-order valence-corrected chi connectivity index (χ2v) is 3.82. The summed E-state index contributed by atoms with van der Waals surface area (Å²) in [5.74, 6) is 0.00399. The van der Waals surface area contributed by atoms with E-state index in [1.54, 1.807) is 13.2 Å². The van der Waals surface area contributed by atoms with Crippen LogP contribution in [0.25, 0.3) is 0 Å². The van der Waals surface area contributed by atoms with E-state index in [0.29, 0.717) is 5.75 Å². The Morgan fingerprint density at radius 3 is 2.71 bits per heavy atom. The number of nitrogens with one attached hydrogen (secondary N) is 1. The van der Waals surface area contributed by atoms with Gasteiger partial charge in [0.2, 0.25) is 0 Å². The number of hydrogen-bond donors (Lipinski definition) is 1. The molecular formula is C13H20FNO2. The van der Waals surface area contributed by atoms with Crippen LogP contribution in [0.15, 0.2) is 18.2 Å². The minimum absolute atomic E-state index is 0.294. The lowest BCUT2D eigenvalue weighted by molar-refractivity contribution is 0.199. The molecule has 0 aromatic heterocycles. The molecule has 1 aromatic rings. The maximum atomic E-state index is 13.4. The molecule has 0 saturated heterocycles. The maximum absolute atomic E-state index is 13.4. The quantitative estimate of drug-likeness (QED) is 0.706. The van der Waals surface area contributed by atoms with Gasteiger partial charge in [-0.25, -0.2) is 4.39 Å². The molecule has 0 bridgehead atoms. The van der Waals surface area contributed by atoms with Gasteiger partial charge in [-0.1, -0.05) is 6.07 Å². The Labute approximate surface area is 102 Å². The van der Waals surface area contributed by atoms with Crippen molar-refractivity contribution in [1.29, 1.82) is 0 Å². The molecular weight excluding hydrogens is 221 g/mol. The summed E-state index contributed by atoms with van der Waals surface area (Å²) in [5.41, 5.74) is 0.997. The minimum Gasteiger partial charge on any atom is -0.494 e. The third kappa shape index (κ3) is 5.15. The molecule has 1 N–H and O–H groups in total.